The van der Waals surface area contributed by atoms with Crippen LogP contribution in [-0.4, -0.2) is 51.1 Å². The molecule has 4 rings (SSSR count). The zero-order valence-electron chi connectivity index (χ0n) is 16.8. The number of rotatable bonds is 5. The van der Waals surface area contributed by atoms with Gasteiger partial charge in [-0.25, -0.2) is 9.97 Å². The number of carbonyl (C=O) groups excluding carboxylic acids is 1. The number of para-hydroxylation sites is 1. The normalized spacial score (nSPS) is 16.2. The summed E-state index contributed by atoms with van der Waals surface area (Å²) >= 11 is 0. The molecule has 3 heterocycles. The Bertz CT molecular complexity index is 1030. The van der Waals surface area contributed by atoms with Gasteiger partial charge >= 0.3 is 0 Å². The molecule has 1 aromatic carbocycles. The molecule has 0 spiro atoms. The molecular formula is C21H23N5O3. The Kier molecular flexibility index (Phi) is 5.24. The van der Waals surface area contributed by atoms with E-state index in [-0.39, 0.29) is 11.8 Å². The first-order valence-corrected chi connectivity index (χ1v) is 9.68. The second kappa shape index (κ2) is 7.98. The number of aryl methyl sites for hydroxylation is 2. The smallest absolute Gasteiger partial charge is 0.257 e. The van der Waals surface area contributed by atoms with Crippen molar-refractivity contribution in [2.45, 2.75) is 32.6 Å². The van der Waals surface area contributed by atoms with Gasteiger partial charge in [-0.05, 0) is 25.0 Å². The van der Waals surface area contributed by atoms with E-state index >= 15 is 0 Å². The van der Waals surface area contributed by atoms with Crippen molar-refractivity contribution >= 4 is 5.91 Å². The van der Waals surface area contributed by atoms with Gasteiger partial charge < -0.3 is 14.2 Å². The van der Waals surface area contributed by atoms with Crippen LogP contribution in [0.15, 0.2) is 35.2 Å². The summed E-state index contributed by atoms with van der Waals surface area (Å²) in [6, 6.07) is 5.62. The highest BCUT2D eigenvalue weighted by atomic mass is 16.5. The van der Waals surface area contributed by atoms with Gasteiger partial charge in [0.1, 0.15) is 12.1 Å². The molecule has 0 N–H and O–H groups in total. The minimum atomic E-state index is -0.0310. The van der Waals surface area contributed by atoms with Crippen LogP contribution in [0.2, 0.25) is 0 Å². The molecule has 8 nitrogen and oxygen atoms in total. The summed E-state index contributed by atoms with van der Waals surface area (Å²) in [5.41, 5.74) is 3.12. The van der Waals surface area contributed by atoms with Crippen LogP contribution in [0.5, 0.6) is 5.75 Å². The Morgan fingerprint density at radius 1 is 1.38 bits per heavy atom. The standard InChI is InChI=1S/C21H23N5O3/c1-4-17-24-20(25-29-17)16-10-22-12-23-18(16)14-8-9-26(11-14)21(27)15-7-5-6-13(2)19(15)28-3/h5-7,10,12,14H,4,8-9,11H2,1-3H3. The number of amides is 1. The summed E-state index contributed by atoms with van der Waals surface area (Å²) in [5, 5.41) is 4.06. The van der Waals surface area contributed by atoms with Crippen LogP contribution in [0.4, 0.5) is 0 Å². The van der Waals surface area contributed by atoms with Crippen molar-refractivity contribution in [3.05, 3.63) is 53.4 Å². The van der Waals surface area contributed by atoms with Crippen molar-refractivity contribution in [2.75, 3.05) is 20.2 Å². The van der Waals surface area contributed by atoms with Crippen LogP contribution >= 0.6 is 0 Å². The Morgan fingerprint density at radius 3 is 3.00 bits per heavy atom. The van der Waals surface area contributed by atoms with E-state index in [0.29, 0.717) is 42.5 Å². The molecule has 2 aromatic heterocycles. The molecule has 150 valence electrons. The van der Waals surface area contributed by atoms with Crippen molar-refractivity contribution in [1.82, 2.24) is 25.0 Å². The molecule has 1 fully saturated rings. The van der Waals surface area contributed by atoms with Crippen molar-refractivity contribution in [3.8, 4) is 17.1 Å². The molecular weight excluding hydrogens is 370 g/mol. The first-order valence-electron chi connectivity index (χ1n) is 9.68. The Morgan fingerprint density at radius 2 is 2.24 bits per heavy atom. The van der Waals surface area contributed by atoms with Gasteiger partial charge in [-0.2, -0.15) is 4.98 Å². The highest BCUT2D eigenvalue weighted by Gasteiger charge is 2.32. The fraction of sp³-hybridized carbons (Fsp3) is 0.381. The van der Waals surface area contributed by atoms with Gasteiger partial charge in [0.05, 0.1) is 23.9 Å². The topological polar surface area (TPSA) is 94.2 Å². The molecule has 1 atom stereocenters. The number of likely N-dealkylation sites (tertiary alicyclic amines) is 1. The van der Waals surface area contributed by atoms with Gasteiger partial charge in [0, 0.05) is 31.6 Å². The molecule has 1 amide bonds. The number of hydrogen-bond acceptors (Lipinski definition) is 7. The summed E-state index contributed by atoms with van der Waals surface area (Å²) in [4.78, 5) is 28.0. The Hall–Kier alpha value is -3.29. The first-order chi connectivity index (χ1) is 14.1. The first kappa shape index (κ1) is 19.0. The average molecular weight is 393 g/mol. The lowest BCUT2D eigenvalue weighted by Gasteiger charge is -2.19. The number of carbonyl (C=O) groups is 1. The zero-order valence-corrected chi connectivity index (χ0v) is 16.8. The van der Waals surface area contributed by atoms with Crippen LogP contribution in [-0.2, 0) is 6.42 Å². The lowest BCUT2D eigenvalue weighted by Crippen LogP contribution is -2.29. The van der Waals surface area contributed by atoms with Crippen molar-refractivity contribution in [2.24, 2.45) is 0 Å². The summed E-state index contributed by atoms with van der Waals surface area (Å²) in [6.07, 6.45) is 4.71. The SMILES string of the molecule is CCc1nc(-c2cncnc2C2CCN(C(=O)c3cccc(C)c3OC)C2)no1. The molecule has 8 heteroatoms. The minimum Gasteiger partial charge on any atom is -0.496 e. The van der Waals surface area contributed by atoms with Gasteiger partial charge in [-0.3, -0.25) is 4.79 Å². The number of ether oxygens (including phenoxy) is 1. The van der Waals surface area contributed by atoms with Gasteiger partial charge in [-0.1, -0.05) is 24.2 Å². The van der Waals surface area contributed by atoms with E-state index in [1.165, 1.54) is 6.33 Å². The third-order valence-corrected chi connectivity index (χ3v) is 5.26. The van der Waals surface area contributed by atoms with E-state index in [4.69, 9.17) is 9.26 Å². The van der Waals surface area contributed by atoms with Crippen LogP contribution < -0.4 is 4.74 Å². The number of methoxy groups -OCH3 is 1. The molecule has 1 aliphatic rings. The molecule has 0 bridgehead atoms. The van der Waals surface area contributed by atoms with Gasteiger partial charge in [0.25, 0.3) is 5.91 Å². The lowest BCUT2D eigenvalue weighted by atomic mass is 10.00. The van der Waals surface area contributed by atoms with E-state index in [9.17, 15) is 4.79 Å². The molecule has 0 aliphatic carbocycles. The van der Waals surface area contributed by atoms with Crippen molar-refractivity contribution in [3.63, 3.8) is 0 Å². The zero-order chi connectivity index (χ0) is 20.4. The largest absolute Gasteiger partial charge is 0.496 e. The number of benzene rings is 1. The van der Waals surface area contributed by atoms with Crippen LogP contribution in [0.1, 0.15) is 46.8 Å². The summed E-state index contributed by atoms with van der Waals surface area (Å²) in [6.45, 7) is 5.11. The predicted octanol–water partition coefficient (Wildman–Crippen LogP) is 3.04. The van der Waals surface area contributed by atoms with E-state index < -0.39 is 0 Å². The van der Waals surface area contributed by atoms with Crippen LogP contribution in [0.25, 0.3) is 11.4 Å². The van der Waals surface area contributed by atoms with Crippen LogP contribution in [0.3, 0.4) is 0 Å². The monoisotopic (exact) mass is 393 g/mol. The quantitative estimate of drug-likeness (QED) is 0.657. The second-order valence-corrected chi connectivity index (χ2v) is 7.08. The van der Waals surface area contributed by atoms with E-state index in [1.807, 2.05) is 36.9 Å². The highest BCUT2D eigenvalue weighted by molar-refractivity contribution is 5.97. The summed E-state index contributed by atoms with van der Waals surface area (Å²) < 4.78 is 10.7. The summed E-state index contributed by atoms with van der Waals surface area (Å²) in [5.74, 6) is 1.74. The van der Waals surface area contributed by atoms with E-state index in [1.54, 1.807) is 13.3 Å². The Balaban J connectivity index is 1.58. The molecule has 1 saturated heterocycles. The maximum Gasteiger partial charge on any atom is 0.257 e. The van der Waals surface area contributed by atoms with Crippen molar-refractivity contribution < 1.29 is 14.1 Å². The average Bonchev–Trinajstić information content (AvgIpc) is 3.43. The maximum absolute atomic E-state index is 13.1. The number of aromatic nitrogens is 4. The van der Waals surface area contributed by atoms with Gasteiger partial charge in [-0.15, -0.1) is 0 Å². The Labute approximate surface area is 168 Å². The third-order valence-electron chi connectivity index (χ3n) is 5.26. The molecule has 1 unspecified atom stereocenters. The predicted molar refractivity (Wildman–Crippen MR) is 106 cm³/mol. The van der Waals surface area contributed by atoms with Gasteiger partial charge in [0.15, 0.2) is 0 Å². The fourth-order valence-electron chi connectivity index (χ4n) is 3.77. The van der Waals surface area contributed by atoms with Gasteiger partial charge in [0.2, 0.25) is 11.7 Å². The fourth-order valence-corrected chi connectivity index (χ4v) is 3.77. The third kappa shape index (κ3) is 3.57. The second-order valence-electron chi connectivity index (χ2n) is 7.08. The molecule has 1 aliphatic heterocycles. The summed E-state index contributed by atoms with van der Waals surface area (Å²) in [7, 11) is 1.59. The lowest BCUT2D eigenvalue weighted by molar-refractivity contribution is 0.0787. The molecule has 0 radical (unpaired) electrons. The van der Waals surface area contributed by atoms with Crippen molar-refractivity contribution in [1.29, 1.82) is 0 Å². The van der Waals surface area contributed by atoms with Crippen LogP contribution in [0, 0.1) is 6.92 Å². The van der Waals surface area contributed by atoms with E-state index in [0.717, 1.165) is 23.2 Å². The minimum absolute atomic E-state index is 0.0310. The number of nitrogens with zero attached hydrogens (tertiary/aromatic N) is 5. The maximum atomic E-state index is 13.1. The highest BCUT2D eigenvalue weighted by Crippen LogP contribution is 2.33. The molecule has 29 heavy (non-hydrogen) atoms. The number of hydrogen-bond donors (Lipinski definition) is 0. The molecule has 0 saturated carbocycles. The van der Waals surface area contributed by atoms with E-state index in [2.05, 4.69) is 20.1 Å². The molecule has 3 aromatic rings.